The Balaban J connectivity index is 1.91. The van der Waals surface area contributed by atoms with Crippen molar-refractivity contribution in [2.45, 2.75) is 19.9 Å². The molecule has 0 amide bonds. The van der Waals surface area contributed by atoms with E-state index in [2.05, 4.69) is 77.0 Å². The first-order valence-electron chi connectivity index (χ1n) is 7.32. The second-order valence-electron chi connectivity index (χ2n) is 5.49. The van der Waals surface area contributed by atoms with Gasteiger partial charge in [-0.05, 0) is 31.5 Å². The van der Waals surface area contributed by atoms with Crippen LogP contribution in [0.25, 0.3) is 10.7 Å². The Morgan fingerprint density at radius 2 is 1.82 bits per heavy atom. The summed E-state index contributed by atoms with van der Waals surface area (Å²) in [6.45, 7) is 4.29. The maximum absolute atomic E-state index is 4.39. The third-order valence-corrected chi connectivity index (χ3v) is 4.99. The van der Waals surface area contributed by atoms with Crippen LogP contribution in [-0.4, -0.2) is 21.8 Å². The van der Waals surface area contributed by atoms with Crippen LogP contribution in [0.1, 0.15) is 23.4 Å². The van der Waals surface area contributed by atoms with Crippen molar-refractivity contribution >= 4 is 17.3 Å². The molecule has 22 heavy (non-hydrogen) atoms. The Morgan fingerprint density at radius 1 is 1.09 bits per heavy atom. The fourth-order valence-electron chi connectivity index (χ4n) is 2.53. The summed E-state index contributed by atoms with van der Waals surface area (Å²) in [5.74, 6) is 1.79. The molecule has 1 aromatic carbocycles. The van der Waals surface area contributed by atoms with Gasteiger partial charge in [-0.2, -0.15) is 0 Å². The van der Waals surface area contributed by atoms with E-state index in [-0.39, 0.29) is 6.04 Å². The minimum absolute atomic E-state index is 0.238. The van der Waals surface area contributed by atoms with Crippen molar-refractivity contribution in [2.24, 2.45) is 7.05 Å². The molecule has 2 aromatic heterocycles. The molecule has 3 rings (SSSR count). The van der Waals surface area contributed by atoms with E-state index in [0.717, 1.165) is 16.6 Å². The molecule has 0 fully saturated rings. The predicted molar refractivity (Wildman–Crippen MR) is 92.3 cm³/mol. The van der Waals surface area contributed by atoms with Gasteiger partial charge in [0.15, 0.2) is 5.82 Å². The zero-order valence-corrected chi connectivity index (χ0v) is 14.1. The van der Waals surface area contributed by atoms with Crippen molar-refractivity contribution in [3.05, 3.63) is 52.9 Å². The lowest BCUT2D eigenvalue weighted by Gasteiger charge is -2.25. The molecule has 0 radical (unpaired) electrons. The van der Waals surface area contributed by atoms with Gasteiger partial charge in [0.1, 0.15) is 0 Å². The molecular formula is C17H20N4S. The second-order valence-corrected chi connectivity index (χ2v) is 6.78. The van der Waals surface area contributed by atoms with Crippen LogP contribution in [0.15, 0.2) is 42.5 Å². The maximum atomic E-state index is 4.39. The zero-order chi connectivity index (χ0) is 15.7. The van der Waals surface area contributed by atoms with Crippen LogP contribution >= 0.6 is 11.3 Å². The number of thiophene rings is 1. The number of hydrogen-bond acceptors (Lipinski definition) is 4. The van der Waals surface area contributed by atoms with Gasteiger partial charge in [0.2, 0.25) is 5.95 Å². The van der Waals surface area contributed by atoms with Crippen molar-refractivity contribution in [3.63, 3.8) is 0 Å². The molecule has 4 nitrogen and oxygen atoms in total. The average Bonchev–Trinajstić information content (AvgIpc) is 3.12. The van der Waals surface area contributed by atoms with Gasteiger partial charge in [0, 0.05) is 19.0 Å². The molecule has 0 N–H and O–H groups in total. The van der Waals surface area contributed by atoms with Gasteiger partial charge in [-0.3, -0.25) is 4.57 Å². The van der Waals surface area contributed by atoms with Crippen molar-refractivity contribution < 1.29 is 0 Å². The molecular weight excluding hydrogens is 292 g/mol. The number of anilines is 1. The first kappa shape index (κ1) is 14.8. The number of benzene rings is 1. The van der Waals surface area contributed by atoms with Crippen LogP contribution < -0.4 is 4.90 Å². The predicted octanol–water partition coefficient (Wildman–Crippen LogP) is 4.05. The first-order chi connectivity index (χ1) is 10.6. The van der Waals surface area contributed by atoms with Crippen LogP contribution in [0.3, 0.4) is 0 Å². The first-order valence-corrected chi connectivity index (χ1v) is 8.13. The zero-order valence-electron chi connectivity index (χ0n) is 13.3. The molecule has 0 unspecified atom stereocenters. The topological polar surface area (TPSA) is 34.0 Å². The summed E-state index contributed by atoms with van der Waals surface area (Å²) in [5.41, 5.74) is 1.27. The minimum Gasteiger partial charge on any atom is -0.337 e. The van der Waals surface area contributed by atoms with Gasteiger partial charge in [-0.15, -0.1) is 21.5 Å². The molecule has 5 heteroatoms. The minimum atomic E-state index is 0.238. The lowest BCUT2D eigenvalue weighted by Crippen LogP contribution is -2.24. The number of rotatable bonds is 4. The highest BCUT2D eigenvalue weighted by molar-refractivity contribution is 7.15. The van der Waals surface area contributed by atoms with Crippen LogP contribution in [0, 0.1) is 6.92 Å². The van der Waals surface area contributed by atoms with Crippen molar-refractivity contribution in [3.8, 4) is 10.7 Å². The van der Waals surface area contributed by atoms with Crippen LogP contribution in [0.5, 0.6) is 0 Å². The van der Waals surface area contributed by atoms with E-state index in [1.807, 2.05) is 13.1 Å². The van der Waals surface area contributed by atoms with Crippen molar-refractivity contribution in [1.82, 2.24) is 14.8 Å². The molecule has 0 aliphatic rings. The Hall–Kier alpha value is -2.14. The van der Waals surface area contributed by atoms with Gasteiger partial charge in [-0.25, -0.2) is 0 Å². The van der Waals surface area contributed by atoms with E-state index in [1.54, 1.807) is 11.3 Å². The molecule has 0 saturated carbocycles. The second kappa shape index (κ2) is 5.93. The fourth-order valence-corrected chi connectivity index (χ4v) is 3.41. The summed E-state index contributed by atoms with van der Waals surface area (Å²) in [6.07, 6.45) is 0. The molecule has 3 aromatic rings. The Morgan fingerprint density at radius 3 is 2.45 bits per heavy atom. The third kappa shape index (κ3) is 2.64. The van der Waals surface area contributed by atoms with Crippen molar-refractivity contribution in [1.29, 1.82) is 0 Å². The van der Waals surface area contributed by atoms with Crippen LogP contribution in [0.4, 0.5) is 5.95 Å². The third-order valence-electron chi connectivity index (χ3n) is 3.99. The van der Waals surface area contributed by atoms with Crippen LogP contribution in [-0.2, 0) is 7.05 Å². The Kier molecular flexibility index (Phi) is 3.98. The highest BCUT2D eigenvalue weighted by Gasteiger charge is 2.19. The summed E-state index contributed by atoms with van der Waals surface area (Å²) < 4.78 is 2.06. The Bertz CT molecular complexity index is 760. The van der Waals surface area contributed by atoms with Gasteiger partial charge >= 0.3 is 0 Å². The Labute approximate surface area is 135 Å². The normalized spacial score (nSPS) is 12.4. The molecule has 0 bridgehead atoms. The van der Waals surface area contributed by atoms with E-state index in [0.29, 0.717) is 0 Å². The van der Waals surface area contributed by atoms with Crippen molar-refractivity contribution in [2.75, 3.05) is 11.9 Å². The lowest BCUT2D eigenvalue weighted by molar-refractivity contribution is 0.695. The van der Waals surface area contributed by atoms with E-state index < -0.39 is 0 Å². The van der Waals surface area contributed by atoms with Gasteiger partial charge in [0.25, 0.3) is 0 Å². The average molecular weight is 312 g/mol. The fraction of sp³-hybridized carbons (Fsp3) is 0.294. The number of hydrogen-bond donors (Lipinski definition) is 0. The highest BCUT2D eigenvalue weighted by atomic mass is 32.1. The molecule has 0 aliphatic heterocycles. The molecule has 0 aliphatic carbocycles. The molecule has 1 atom stereocenters. The molecule has 2 heterocycles. The summed E-state index contributed by atoms with van der Waals surface area (Å²) in [4.78, 5) is 4.59. The van der Waals surface area contributed by atoms with E-state index in [9.17, 15) is 0 Å². The number of nitrogens with zero attached hydrogens (tertiary/aromatic N) is 4. The van der Waals surface area contributed by atoms with E-state index in [4.69, 9.17) is 0 Å². The highest BCUT2D eigenvalue weighted by Crippen LogP contribution is 2.30. The van der Waals surface area contributed by atoms with Crippen LogP contribution in [0.2, 0.25) is 0 Å². The largest absolute Gasteiger partial charge is 0.337 e. The summed E-state index contributed by atoms with van der Waals surface area (Å²) >= 11 is 1.74. The lowest BCUT2D eigenvalue weighted by atomic mass is 10.1. The van der Waals surface area contributed by atoms with Gasteiger partial charge in [0.05, 0.1) is 10.9 Å². The maximum Gasteiger partial charge on any atom is 0.227 e. The number of aryl methyl sites for hydroxylation is 1. The standard InChI is InChI=1S/C17H20N4S/c1-12-10-11-15(22-12)16-18-19-17(21(16)4)20(3)13(2)14-8-6-5-7-9-14/h5-11,13H,1-4H3/t13-/m0/s1. The van der Waals surface area contributed by atoms with Gasteiger partial charge in [-0.1, -0.05) is 30.3 Å². The summed E-state index contributed by atoms with van der Waals surface area (Å²) in [5, 5.41) is 8.77. The van der Waals surface area contributed by atoms with Gasteiger partial charge < -0.3 is 4.90 Å². The summed E-state index contributed by atoms with van der Waals surface area (Å²) in [6, 6.07) is 14.9. The van der Waals surface area contributed by atoms with E-state index in [1.165, 1.54) is 10.4 Å². The SMILES string of the molecule is Cc1ccc(-c2nnc(N(C)[C@@H](C)c3ccccc3)n2C)s1. The molecule has 114 valence electrons. The van der Waals surface area contributed by atoms with E-state index >= 15 is 0 Å². The molecule has 0 spiro atoms. The summed E-state index contributed by atoms with van der Waals surface area (Å²) in [7, 11) is 4.08. The molecule has 0 saturated heterocycles. The number of aromatic nitrogens is 3. The monoisotopic (exact) mass is 312 g/mol. The smallest absolute Gasteiger partial charge is 0.227 e. The quantitative estimate of drug-likeness (QED) is 0.729.